The molecule has 2 N–H and O–H groups in total. The summed E-state index contributed by atoms with van der Waals surface area (Å²) in [5.74, 6) is 1.51. The third-order valence-corrected chi connectivity index (χ3v) is 4.88. The lowest BCUT2D eigenvalue weighted by atomic mass is 10.2. The molecule has 0 aliphatic carbocycles. The Bertz CT molecular complexity index is 1370. The summed E-state index contributed by atoms with van der Waals surface area (Å²) in [6, 6.07) is 20.8. The van der Waals surface area contributed by atoms with Gasteiger partial charge >= 0.3 is 0 Å². The zero-order valence-electron chi connectivity index (χ0n) is 17.3. The van der Waals surface area contributed by atoms with Crippen molar-refractivity contribution < 1.29 is 14.3 Å². The fraction of sp³-hybridized carbons (Fsp3) is 0.125. The van der Waals surface area contributed by atoms with Gasteiger partial charge in [0.05, 0.1) is 24.4 Å². The van der Waals surface area contributed by atoms with E-state index in [1.54, 1.807) is 67.8 Å². The van der Waals surface area contributed by atoms with Gasteiger partial charge < -0.3 is 14.8 Å². The molecule has 0 fully saturated rings. The van der Waals surface area contributed by atoms with Crippen molar-refractivity contribution in [3.8, 4) is 17.2 Å². The molecule has 0 bridgehead atoms. The number of hydrogen-bond donors (Lipinski definition) is 2. The van der Waals surface area contributed by atoms with E-state index in [9.17, 15) is 14.4 Å². The van der Waals surface area contributed by atoms with Crippen LogP contribution >= 0.6 is 0 Å². The summed E-state index contributed by atoms with van der Waals surface area (Å²) in [5, 5.41) is 5.94. The number of carbonyl (C=O) groups is 1. The van der Waals surface area contributed by atoms with Gasteiger partial charge in [-0.05, 0) is 48.5 Å². The Morgan fingerprint density at radius 1 is 0.906 bits per heavy atom. The number of rotatable bonds is 7. The highest BCUT2D eigenvalue weighted by atomic mass is 16.5. The molecule has 0 aliphatic rings. The van der Waals surface area contributed by atoms with Crippen LogP contribution in [0.3, 0.4) is 0 Å². The summed E-state index contributed by atoms with van der Waals surface area (Å²) < 4.78 is 12.2. The van der Waals surface area contributed by atoms with Gasteiger partial charge in [0, 0.05) is 12.1 Å². The second kappa shape index (κ2) is 9.22. The third-order valence-electron chi connectivity index (χ3n) is 4.88. The summed E-state index contributed by atoms with van der Waals surface area (Å²) in [7, 11) is 1.57. The van der Waals surface area contributed by atoms with Gasteiger partial charge in [-0.15, -0.1) is 0 Å². The monoisotopic (exact) mass is 431 g/mol. The van der Waals surface area contributed by atoms with Crippen molar-refractivity contribution in [3.05, 3.63) is 93.5 Å². The number of nitrogens with zero attached hydrogens (tertiary/aromatic N) is 1. The highest BCUT2D eigenvalue weighted by Gasteiger charge is 2.09. The average molecular weight is 431 g/mol. The second-order valence-electron chi connectivity index (χ2n) is 7.02. The van der Waals surface area contributed by atoms with Crippen LogP contribution in [0.4, 0.5) is 5.69 Å². The molecule has 8 nitrogen and oxygen atoms in total. The number of carbonyl (C=O) groups excluding carboxylic acids is 1. The van der Waals surface area contributed by atoms with E-state index < -0.39 is 0 Å². The van der Waals surface area contributed by atoms with Crippen LogP contribution in [-0.2, 0) is 11.3 Å². The summed E-state index contributed by atoms with van der Waals surface area (Å²) in [4.78, 5) is 37.0. The van der Waals surface area contributed by atoms with E-state index in [1.807, 2.05) is 12.1 Å². The summed E-state index contributed by atoms with van der Waals surface area (Å²) in [5.41, 5.74) is -0.126. The minimum absolute atomic E-state index is 0.0215. The third kappa shape index (κ3) is 4.54. The Kier molecular flexibility index (Phi) is 6.03. The van der Waals surface area contributed by atoms with Crippen LogP contribution in [0.1, 0.15) is 6.42 Å². The van der Waals surface area contributed by atoms with Crippen LogP contribution in [0, 0.1) is 0 Å². The van der Waals surface area contributed by atoms with Gasteiger partial charge in [-0.1, -0.05) is 24.3 Å². The second-order valence-corrected chi connectivity index (χ2v) is 7.02. The molecule has 0 aliphatic heterocycles. The molecule has 4 rings (SSSR count). The summed E-state index contributed by atoms with van der Waals surface area (Å²) in [6.45, 7) is 0.0553. The van der Waals surface area contributed by atoms with Crippen molar-refractivity contribution in [2.45, 2.75) is 13.0 Å². The molecule has 3 aromatic carbocycles. The smallest absolute Gasteiger partial charge is 0.273 e. The molecule has 0 atom stereocenters. The topological polar surface area (TPSA) is 102 Å². The zero-order chi connectivity index (χ0) is 22.5. The number of aromatic nitrogens is 2. The number of aryl methyl sites for hydroxylation is 1. The number of fused-ring (bicyclic) bond motifs is 1. The van der Waals surface area contributed by atoms with Crippen LogP contribution in [0.15, 0.2) is 82.4 Å². The molecule has 0 unspecified atom stereocenters. The number of benzene rings is 3. The molecule has 0 radical (unpaired) electrons. The first-order valence-corrected chi connectivity index (χ1v) is 9.98. The van der Waals surface area contributed by atoms with Gasteiger partial charge in [-0.25, -0.2) is 4.68 Å². The first kappa shape index (κ1) is 20.9. The molecule has 1 heterocycles. The average Bonchev–Trinajstić information content (AvgIpc) is 2.82. The van der Waals surface area contributed by atoms with E-state index in [0.29, 0.717) is 33.7 Å². The number of hydrogen-bond acceptors (Lipinski definition) is 5. The Morgan fingerprint density at radius 2 is 1.56 bits per heavy atom. The van der Waals surface area contributed by atoms with Gasteiger partial charge in [-0.2, -0.15) is 0 Å². The molecule has 0 spiro atoms. The van der Waals surface area contributed by atoms with E-state index in [-0.39, 0.29) is 30.0 Å². The lowest BCUT2D eigenvalue weighted by molar-refractivity contribution is -0.116. The van der Waals surface area contributed by atoms with Crippen LogP contribution in [0.2, 0.25) is 0 Å². The molecule has 1 aromatic heterocycles. The Hall–Kier alpha value is -4.33. The minimum Gasteiger partial charge on any atom is -0.493 e. The molecule has 0 saturated carbocycles. The standard InChI is InChI=1S/C24H21N3O5/c1-31-20-8-4-5-9-21(20)32-17-12-10-16(11-13-17)25-22(28)14-15-27-24(30)19-7-3-2-6-18(19)23(29)26-27/h2-13H,14-15H2,1H3,(H,25,28)(H,26,29). The van der Waals surface area contributed by atoms with Crippen molar-refractivity contribution in [3.63, 3.8) is 0 Å². The first-order chi connectivity index (χ1) is 15.5. The van der Waals surface area contributed by atoms with Crippen LogP contribution in [-0.4, -0.2) is 22.8 Å². The highest BCUT2D eigenvalue weighted by Crippen LogP contribution is 2.31. The number of ether oxygens (including phenoxy) is 2. The molecule has 32 heavy (non-hydrogen) atoms. The predicted molar refractivity (Wildman–Crippen MR) is 122 cm³/mol. The van der Waals surface area contributed by atoms with E-state index >= 15 is 0 Å². The van der Waals surface area contributed by atoms with E-state index in [2.05, 4.69) is 10.4 Å². The van der Waals surface area contributed by atoms with Crippen molar-refractivity contribution >= 4 is 22.4 Å². The van der Waals surface area contributed by atoms with E-state index in [4.69, 9.17) is 9.47 Å². The number of methoxy groups -OCH3 is 1. The van der Waals surface area contributed by atoms with Gasteiger partial charge in [0.25, 0.3) is 11.1 Å². The molecular weight excluding hydrogens is 410 g/mol. The normalized spacial score (nSPS) is 10.7. The molecule has 8 heteroatoms. The number of para-hydroxylation sites is 2. The fourth-order valence-electron chi connectivity index (χ4n) is 3.28. The lowest BCUT2D eigenvalue weighted by Gasteiger charge is -2.11. The minimum atomic E-state index is -0.369. The molecule has 4 aromatic rings. The molecular formula is C24H21N3O5. The Balaban J connectivity index is 1.39. The predicted octanol–water partition coefficient (Wildman–Crippen LogP) is 3.52. The van der Waals surface area contributed by atoms with E-state index in [1.165, 1.54) is 0 Å². The molecule has 162 valence electrons. The Labute approximate surface area is 183 Å². The maximum absolute atomic E-state index is 12.5. The van der Waals surface area contributed by atoms with Crippen LogP contribution in [0.25, 0.3) is 10.8 Å². The number of aromatic amines is 1. The van der Waals surface area contributed by atoms with Crippen molar-refractivity contribution in [2.24, 2.45) is 0 Å². The van der Waals surface area contributed by atoms with Crippen LogP contribution in [0.5, 0.6) is 17.2 Å². The highest BCUT2D eigenvalue weighted by molar-refractivity contribution is 5.90. The zero-order valence-corrected chi connectivity index (χ0v) is 17.3. The maximum Gasteiger partial charge on any atom is 0.273 e. The van der Waals surface area contributed by atoms with Gasteiger partial charge in [0.1, 0.15) is 5.75 Å². The number of amides is 1. The number of anilines is 1. The fourth-order valence-corrected chi connectivity index (χ4v) is 3.28. The maximum atomic E-state index is 12.5. The summed E-state index contributed by atoms with van der Waals surface area (Å²) in [6.07, 6.45) is 0.0215. The first-order valence-electron chi connectivity index (χ1n) is 9.98. The van der Waals surface area contributed by atoms with Crippen molar-refractivity contribution in [2.75, 3.05) is 12.4 Å². The van der Waals surface area contributed by atoms with Crippen molar-refractivity contribution in [1.82, 2.24) is 9.78 Å². The molecule has 1 amide bonds. The van der Waals surface area contributed by atoms with Gasteiger partial charge in [0.15, 0.2) is 11.5 Å². The number of nitrogens with one attached hydrogen (secondary N) is 2. The van der Waals surface area contributed by atoms with Gasteiger partial charge in [-0.3, -0.25) is 19.5 Å². The SMILES string of the molecule is COc1ccccc1Oc1ccc(NC(=O)CCn2[nH]c(=O)c3ccccc3c2=O)cc1. The molecule has 0 saturated heterocycles. The quantitative estimate of drug-likeness (QED) is 0.466. The van der Waals surface area contributed by atoms with Crippen LogP contribution < -0.4 is 25.9 Å². The number of H-pyrrole nitrogens is 1. The lowest BCUT2D eigenvalue weighted by Crippen LogP contribution is -2.31. The Morgan fingerprint density at radius 3 is 2.28 bits per heavy atom. The largest absolute Gasteiger partial charge is 0.493 e. The van der Waals surface area contributed by atoms with Gasteiger partial charge in [0.2, 0.25) is 5.91 Å². The van der Waals surface area contributed by atoms with Crippen molar-refractivity contribution in [1.29, 1.82) is 0 Å². The van der Waals surface area contributed by atoms with E-state index in [0.717, 1.165) is 4.68 Å². The summed E-state index contributed by atoms with van der Waals surface area (Å²) >= 11 is 0.